The molecular formula is C11H13F6NOSi. The topological polar surface area (TPSA) is 22.1 Å². The lowest BCUT2D eigenvalue weighted by molar-refractivity contribution is -0.369. The Labute approximate surface area is 112 Å². The van der Waals surface area contributed by atoms with Crippen molar-refractivity contribution in [1.82, 2.24) is 4.98 Å². The van der Waals surface area contributed by atoms with E-state index in [1.807, 2.05) is 0 Å². The second-order valence-corrected chi connectivity index (χ2v) is 9.53. The van der Waals surface area contributed by atoms with E-state index in [4.69, 9.17) is 0 Å². The second-order valence-electron chi connectivity index (χ2n) is 5.11. The first-order valence-electron chi connectivity index (χ1n) is 5.56. The molecule has 0 saturated carbocycles. The Morgan fingerprint density at radius 1 is 0.950 bits per heavy atom. The third-order valence-corrected chi connectivity index (χ3v) is 3.20. The van der Waals surface area contributed by atoms with Gasteiger partial charge in [-0.3, -0.25) is 4.98 Å². The van der Waals surface area contributed by atoms with Gasteiger partial charge in [0.05, 0.1) is 5.69 Å². The van der Waals surface area contributed by atoms with Gasteiger partial charge >= 0.3 is 12.4 Å². The minimum Gasteiger partial charge on any atom is -0.393 e. The van der Waals surface area contributed by atoms with Crippen molar-refractivity contribution >= 4 is 8.32 Å². The first-order chi connectivity index (χ1) is 8.81. The van der Waals surface area contributed by atoms with E-state index in [2.05, 4.69) is 9.41 Å². The summed E-state index contributed by atoms with van der Waals surface area (Å²) >= 11 is 0. The lowest BCUT2D eigenvalue weighted by Gasteiger charge is -2.40. The van der Waals surface area contributed by atoms with Crippen LogP contribution in [-0.2, 0) is 10.0 Å². The third-order valence-electron chi connectivity index (χ3n) is 2.28. The van der Waals surface area contributed by atoms with E-state index < -0.39 is 32.0 Å². The fourth-order valence-electron chi connectivity index (χ4n) is 1.65. The van der Waals surface area contributed by atoms with Crippen molar-refractivity contribution in [2.45, 2.75) is 37.6 Å². The molecule has 0 radical (unpaired) electrons. The fraction of sp³-hybridized carbons (Fsp3) is 0.545. The molecule has 0 N–H and O–H groups in total. The lowest BCUT2D eigenvalue weighted by Crippen LogP contribution is -2.60. The Hall–Kier alpha value is -1.09. The monoisotopic (exact) mass is 317 g/mol. The summed E-state index contributed by atoms with van der Waals surface area (Å²) in [5.74, 6) is 0. The Morgan fingerprint density at radius 2 is 1.45 bits per heavy atom. The maximum atomic E-state index is 13.2. The molecule has 0 amide bonds. The van der Waals surface area contributed by atoms with Crippen LogP contribution in [0.25, 0.3) is 0 Å². The fourth-order valence-corrected chi connectivity index (χ4v) is 2.90. The number of pyridine rings is 1. The summed E-state index contributed by atoms with van der Waals surface area (Å²) in [5.41, 5.74) is -5.60. The molecule has 2 nitrogen and oxygen atoms in total. The van der Waals surface area contributed by atoms with E-state index in [1.54, 1.807) is 0 Å². The molecule has 114 valence electrons. The highest BCUT2D eigenvalue weighted by Crippen LogP contribution is 2.53. The van der Waals surface area contributed by atoms with Crippen molar-refractivity contribution in [2.75, 3.05) is 0 Å². The molecule has 9 heteroatoms. The van der Waals surface area contributed by atoms with E-state index in [-0.39, 0.29) is 0 Å². The molecule has 0 saturated heterocycles. The van der Waals surface area contributed by atoms with Gasteiger partial charge in [0.25, 0.3) is 5.60 Å². The molecule has 0 bridgehead atoms. The number of aromatic nitrogens is 1. The Kier molecular flexibility index (Phi) is 4.26. The maximum Gasteiger partial charge on any atom is 0.431 e. The van der Waals surface area contributed by atoms with Gasteiger partial charge in [-0.2, -0.15) is 26.3 Å². The Morgan fingerprint density at radius 3 is 1.75 bits per heavy atom. The molecule has 0 atom stereocenters. The highest BCUT2D eigenvalue weighted by Gasteiger charge is 2.75. The molecule has 1 heterocycles. The predicted octanol–water partition coefficient (Wildman–Crippen LogP) is 4.25. The van der Waals surface area contributed by atoms with Gasteiger partial charge in [-0.15, -0.1) is 0 Å². The van der Waals surface area contributed by atoms with Gasteiger partial charge in [0.2, 0.25) is 0 Å². The minimum absolute atomic E-state index is 0.668. The predicted molar refractivity (Wildman–Crippen MR) is 62.5 cm³/mol. The first-order valence-corrected chi connectivity index (χ1v) is 8.97. The van der Waals surface area contributed by atoms with Crippen molar-refractivity contribution in [2.24, 2.45) is 0 Å². The second kappa shape index (κ2) is 5.03. The molecule has 0 aliphatic rings. The third kappa shape index (κ3) is 3.14. The number of hydrogen-bond acceptors (Lipinski definition) is 2. The largest absolute Gasteiger partial charge is 0.431 e. The standard InChI is InChI=1S/C11H13F6NOSi/c1-20(2,3)19-9(10(12,13)14,11(15,16)17)8-6-4-5-7-18-8/h4-7H,1-3H3. The van der Waals surface area contributed by atoms with Crippen LogP contribution in [0.3, 0.4) is 0 Å². The molecule has 0 spiro atoms. The number of alkyl halides is 6. The lowest BCUT2D eigenvalue weighted by atomic mass is 9.97. The summed E-state index contributed by atoms with van der Waals surface area (Å²) in [6.45, 7) is 3.76. The van der Waals surface area contributed by atoms with Crippen LogP contribution in [0.2, 0.25) is 19.6 Å². The van der Waals surface area contributed by atoms with E-state index in [0.29, 0.717) is 6.07 Å². The van der Waals surface area contributed by atoms with E-state index in [9.17, 15) is 26.3 Å². The van der Waals surface area contributed by atoms with Crippen LogP contribution in [0, 0.1) is 0 Å². The molecule has 0 unspecified atom stereocenters. The van der Waals surface area contributed by atoms with Crippen LogP contribution < -0.4 is 0 Å². The van der Waals surface area contributed by atoms with E-state index in [0.717, 1.165) is 12.3 Å². The summed E-state index contributed by atoms with van der Waals surface area (Å²) in [6.07, 6.45) is -10.5. The zero-order valence-corrected chi connectivity index (χ0v) is 11.9. The van der Waals surface area contributed by atoms with Crippen molar-refractivity contribution in [1.29, 1.82) is 0 Å². The van der Waals surface area contributed by atoms with Crippen LogP contribution in [0.15, 0.2) is 24.4 Å². The summed E-state index contributed by atoms with van der Waals surface area (Å²) in [7, 11) is -3.18. The zero-order chi connectivity index (χ0) is 15.8. The average Bonchev–Trinajstić information content (AvgIpc) is 2.22. The highest BCUT2D eigenvalue weighted by molar-refractivity contribution is 6.69. The van der Waals surface area contributed by atoms with Crippen molar-refractivity contribution in [3.8, 4) is 0 Å². The van der Waals surface area contributed by atoms with Crippen LogP contribution in [-0.4, -0.2) is 25.7 Å². The quantitative estimate of drug-likeness (QED) is 0.614. The van der Waals surface area contributed by atoms with Crippen molar-refractivity contribution < 1.29 is 30.8 Å². The molecule has 1 aromatic rings. The van der Waals surface area contributed by atoms with E-state index in [1.165, 1.54) is 25.7 Å². The van der Waals surface area contributed by atoms with Gasteiger partial charge < -0.3 is 4.43 Å². The van der Waals surface area contributed by atoms with Crippen LogP contribution in [0.1, 0.15) is 5.69 Å². The van der Waals surface area contributed by atoms with Crippen LogP contribution in [0.5, 0.6) is 0 Å². The van der Waals surface area contributed by atoms with Crippen LogP contribution >= 0.6 is 0 Å². The Bertz CT molecular complexity index is 437. The number of rotatable bonds is 3. The number of nitrogens with zero attached hydrogens (tertiary/aromatic N) is 1. The molecule has 20 heavy (non-hydrogen) atoms. The molecular weight excluding hydrogens is 304 g/mol. The van der Waals surface area contributed by atoms with Crippen LogP contribution in [0.4, 0.5) is 26.3 Å². The molecule has 1 aromatic heterocycles. The smallest absolute Gasteiger partial charge is 0.393 e. The summed E-state index contributed by atoms with van der Waals surface area (Å²) in [6, 6.07) is 2.96. The normalized spacial score (nSPS) is 14.4. The maximum absolute atomic E-state index is 13.2. The van der Waals surface area contributed by atoms with Gasteiger partial charge in [-0.25, -0.2) is 0 Å². The van der Waals surface area contributed by atoms with Gasteiger partial charge in [0.15, 0.2) is 8.32 Å². The molecule has 1 rings (SSSR count). The molecule has 0 aliphatic heterocycles. The molecule has 0 aromatic carbocycles. The Balaban J connectivity index is 3.61. The van der Waals surface area contributed by atoms with Crippen molar-refractivity contribution in [3.05, 3.63) is 30.1 Å². The average molecular weight is 317 g/mol. The van der Waals surface area contributed by atoms with E-state index >= 15 is 0 Å². The number of hydrogen-bond donors (Lipinski definition) is 0. The summed E-state index contributed by atoms with van der Waals surface area (Å²) in [4.78, 5) is 3.23. The summed E-state index contributed by atoms with van der Waals surface area (Å²) in [5, 5.41) is 0. The van der Waals surface area contributed by atoms with Gasteiger partial charge in [-0.1, -0.05) is 6.07 Å². The van der Waals surface area contributed by atoms with Gasteiger partial charge in [-0.05, 0) is 31.8 Å². The zero-order valence-electron chi connectivity index (χ0n) is 10.9. The SMILES string of the molecule is C[Si](C)(C)OC(c1ccccn1)(C(F)(F)F)C(F)(F)F. The van der Waals surface area contributed by atoms with Crippen molar-refractivity contribution in [3.63, 3.8) is 0 Å². The number of halogens is 6. The van der Waals surface area contributed by atoms with Gasteiger partial charge in [0, 0.05) is 6.20 Å². The first kappa shape index (κ1) is 17.0. The minimum atomic E-state index is -5.67. The van der Waals surface area contributed by atoms with Gasteiger partial charge in [0.1, 0.15) is 0 Å². The highest BCUT2D eigenvalue weighted by atomic mass is 28.4. The summed E-state index contributed by atoms with van der Waals surface area (Å²) < 4.78 is 83.9. The molecule has 0 fully saturated rings. The molecule has 0 aliphatic carbocycles.